The van der Waals surface area contributed by atoms with Gasteiger partial charge >= 0.3 is 31.4 Å². The molecule has 0 radical (unpaired) electrons. The maximum Gasteiger partial charge on any atom is 2.00 e. The van der Waals surface area contributed by atoms with Gasteiger partial charge in [-0.25, -0.2) is 9.59 Å². The smallest absolute Gasteiger partial charge is 0.545 e. The molecule has 0 aromatic heterocycles. The van der Waals surface area contributed by atoms with E-state index in [1.165, 1.54) is 48.5 Å². The molecule has 2 rings (SSSR count). The van der Waals surface area contributed by atoms with Crippen LogP contribution in [0.25, 0.3) is 0 Å². The molecule has 184 valence electrons. The second-order valence-electron chi connectivity index (χ2n) is 8.37. The summed E-state index contributed by atoms with van der Waals surface area (Å²) in [5.41, 5.74) is 0.782. The van der Waals surface area contributed by atoms with Crippen molar-refractivity contribution in [2.75, 3.05) is 13.2 Å². The number of hydrogen-bond acceptors (Lipinski definition) is 8. The fraction of sp³-hybridized carbons (Fsp3) is 0.385. The standard InChI is InChI=1S/2C13H16O4.Zn/c2*1-9(2)7-8-17-13(16)11-5-3-10(4-6-11)12(14)15;/h2*3-6,9H,7-8H2,1-2H3,(H,14,15);/q;;+2/p-2. The predicted molar refractivity (Wildman–Crippen MR) is 121 cm³/mol. The summed E-state index contributed by atoms with van der Waals surface area (Å²) in [4.78, 5) is 44.0. The molecular weight excluding hydrogens is 506 g/mol. The maximum absolute atomic E-state index is 11.5. The summed E-state index contributed by atoms with van der Waals surface area (Å²) >= 11 is 0. The first-order valence-corrected chi connectivity index (χ1v) is 11.0. The van der Waals surface area contributed by atoms with E-state index in [0.717, 1.165) is 12.8 Å². The monoisotopic (exact) mass is 534 g/mol. The molecule has 9 heteroatoms. The van der Waals surface area contributed by atoms with E-state index < -0.39 is 23.9 Å². The quantitative estimate of drug-likeness (QED) is 0.335. The number of carbonyl (C=O) groups excluding carboxylic acids is 4. The Morgan fingerprint density at radius 3 is 1.09 bits per heavy atom. The van der Waals surface area contributed by atoms with E-state index in [-0.39, 0.29) is 30.6 Å². The molecule has 0 unspecified atom stereocenters. The van der Waals surface area contributed by atoms with E-state index >= 15 is 0 Å². The number of ether oxygens (including phenoxy) is 2. The molecule has 0 saturated heterocycles. The molecule has 2 aromatic rings. The van der Waals surface area contributed by atoms with Crippen molar-refractivity contribution in [3.63, 3.8) is 0 Å². The van der Waals surface area contributed by atoms with Crippen molar-refractivity contribution in [1.29, 1.82) is 0 Å². The van der Waals surface area contributed by atoms with Gasteiger partial charge in [-0.15, -0.1) is 0 Å². The molecule has 0 fully saturated rings. The zero-order valence-electron chi connectivity index (χ0n) is 20.6. The summed E-state index contributed by atoms with van der Waals surface area (Å²) in [5.74, 6) is -2.44. The van der Waals surface area contributed by atoms with Crippen LogP contribution in [0.5, 0.6) is 0 Å². The zero-order valence-corrected chi connectivity index (χ0v) is 23.5. The molecular formula is C26H30O8Zn. The number of rotatable bonds is 10. The summed E-state index contributed by atoms with van der Waals surface area (Å²) in [6.45, 7) is 8.92. The Kier molecular flexibility index (Phi) is 15.1. The first kappa shape index (κ1) is 31.9. The number of hydrogen-bond donors (Lipinski definition) is 0. The molecule has 0 aliphatic carbocycles. The number of aromatic carboxylic acids is 2. The summed E-state index contributed by atoms with van der Waals surface area (Å²) < 4.78 is 10.1. The van der Waals surface area contributed by atoms with Gasteiger partial charge in [-0.05, 0) is 60.1 Å². The van der Waals surface area contributed by atoms with Crippen LogP contribution in [0.2, 0.25) is 0 Å². The van der Waals surface area contributed by atoms with Crippen LogP contribution in [0.15, 0.2) is 48.5 Å². The van der Waals surface area contributed by atoms with E-state index in [2.05, 4.69) is 0 Å². The summed E-state index contributed by atoms with van der Waals surface area (Å²) in [7, 11) is 0. The summed E-state index contributed by atoms with van der Waals surface area (Å²) in [5, 5.41) is 21.0. The fourth-order valence-corrected chi connectivity index (χ4v) is 2.43. The van der Waals surface area contributed by atoms with Gasteiger partial charge < -0.3 is 29.3 Å². The van der Waals surface area contributed by atoms with Crippen LogP contribution in [-0.2, 0) is 29.0 Å². The Morgan fingerprint density at radius 1 is 0.600 bits per heavy atom. The average Bonchev–Trinajstić information content (AvgIpc) is 2.79. The van der Waals surface area contributed by atoms with Crippen LogP contribution < -0.4 is 10.2 Å². The summed E-state index contributed by atoms with van der Waals surface area (Å²) in [6, 6.07) is 11.0. The van der Waals surface area contributed by atoms with Crippen LogP contribution in [0.4, 0.5) is 0 Å². The largest absolute Gasteiger partial charge is 2.00 e. The van der Waals surface area contributed by atoms with Crippen molar-refractivity contribution in [3.8, 4) is 0 Å². The first-order valence-electron chi connectivity index (χ1n) is 11.0. The minimum absolute atomic E-state index is 0. The van der Waals surface area contributed by atoms with Gasteiger partial charge in [0.05, 0.1) is 36.3 Å². The minimum Gasteiger partial charge on any atom is -0.545 e. The van der Waals surface area contributed by atoms with Gasteiger partial charge in [-0.1, -0.05) is 52.0 Å². The third-order valence-corrected chi connectivity index (χ3v) is 4.57. The number of carbonyl (C=O) groups is 4. The van der Waals surface area contributed by atoms with Gasteiger partial charge in [-0.2, -0.15) is 0 Å². The van der Waals surface area contributed by atoms with E-state index in [9.17, 15) is 29.4 Å². The van der Waals surface area contributed by atoms with Crippen LogP contribution in [0.3, 0.4) is 0 Å². The molecule has 35 heavy (non-hydrogen) atoms. The van der Waals surface area contributed by atoms with Gasteiger partial charge in [0.1, 0.15) is 0 Å². The van der Waals surface area contributed by atoms with E-state index in [1.54, 1.807) is 0 Å². The van der Waals surface area contributed by atoms with Gasteiger partial charge in [0.2, 0.25) is 0 Å². The Hall–Kier alpha value is -3.06. The van der Waals surface area contributed by atoms with Gasteiger partial charge in [0, 0.05) is 0 Å². The first-order chi connectivity index (χ1) is 16.0. The SMILES string of the molecule is CC(C)CCOC(=O)c1ccc(C(=O)[O-])cc1.CC(C)CCOC(=O)c1ccc(C(=O)[O-])cc1.[Zn+2]. The Labute approximate surface area is 218 Å². The number of carboxylic acid groups (broad SMARTS) is 2. The van der Waals surface area contributed by atoms with Crippen molar-refractivity contribution >= 4 is 23.9 Å². The summed E-state index contributed by atoms with van der Waals surface area (Å²) in [6.07, 6.45) is 1.62. The van der Waals surface area contributed by atoms with Crippen molar-refractivity contribution in [1.82, 2.24) is 0 Å². The predicted octanol–water partition coefficient (Wildman–Crippen LogP) is 2.50. The second kappa shape index (κ2) is 16.6. The molecule has 2 aromatic carbocycles. The maximum atomic E-state index is 11.5. The number of carboxylic acids is 2. The average molecular weight is 536 g/mol. The molecule has 0 bridgehead atoms. The van der Waals surface area contributed by atoms with E-state index in [4.69, 9.17) is 9.47 Å². The Balaban J connectivity index is 0.000000642. The number of benzene rings is 2. The topological polar surface area (TPSA) is 133 Å². The molecule has 8 nitrogen and oxygen atoms in total. The van der Waals surface area contributed by atoms with Crippen molar-refractivity contribution < 1.29 is 58.3 Å². The molecule has 0 heterocycles. The van der Waals surface area contributed by atoms with Crippen molar-refractivity contribution in [2.24, 2.45) is 11.8 Å². The van der Waals surface area contributed by atoms with E-state index in [0.29, 0.717) is 36.2 Å². The van der Waals surface area contributed by atoms with Crippen molar-refractivity contribution in [3.05, 3.63) is 70.8 Å². The molecule has 0 spiro atoms. The molecule has 0 atom stereocenters. The van der Waals surface area contributed by atoms with Gasteiger partial charge in [0.25, 0.3) is 0 Å². The number of esters is 2. The van der Waals surface area contributed by atoms with Crippen LogP contribution in [0.1, 0.15) is 82.0 Å². The van der Waals surface area contributed by atoms with E-state index in [1.807, 2.05) is 27.7 Å². The van der Waals surface area contributed by atoms with Gasteiger partial charge in [-0.3, -0.25) is 0 Å². The normalized spacial score (nSPS) is 10.0. The molecule has 0 N–H and O–H groups in total. The van der Waals surface area contributed by atoms with Crippen molar-refractivity contribution in [2.45, 2.75) is 40.5 Å². The third-order valence-electron chi connectivity index (χ3n) is 4.57. The van der Waals surface area contributed by atoms with Crippen LogP contribution in [-0.4, -0.2) is 37.1 Å². The molecule has 0 aliphatic heterocycles. The molecule has 0 amide bonds. The second-order valence-corrected chi connectivity index (χ2v) is 8.37. The molecule has 0 saturated carbocycles. The third kappa shape index (κ3) is 12.8. The molecule has 0 aliphatic rings. The Bertz CT molecular complexity index is 871. The minimum atomic E-state index is -1.26. The zero-order chi connectivity index (χ0) is 25.7. The van der Waals surface area contributed by atoms with Crippen LogP contribution >= 0.6 is 0 Å². The van der Waals surface area contributed by atoms with Crippen LogP contribution in [0, 0.1) is 11.8 Å². The Morgan fingerprint density at radius 2 is 0.857 bits per heavy atom. The fourth-order valence-electron chi connectivity index (χ4n) is 2.43. The van der Waals surface area contributed by atoms with Gasteiger partial charge in [0.15, 0.2) is 0 Å².